The van der Waals surface area contributed by atoms with Crippen molar-refractivity contribution in [2.24, 2.45) is 5.92 Å². The van der Waals surface area contributed by atoms with Crippen LogP contribution in [-0.4, -0.2) is 20.5 Å². The second kappa shape index (κ2) is 6.10. The molecule has 2 N–H and O–H groups in total. The number of aryl methyl sites for hydroxylation is 2. The Kier molecular flexibility index (Phi) is 4.80. The monoisotopic (exact) mass is 314 g/mol. The molecule has 1 atom stereocenters. The van der Waals surface area contributed by atoms with Crippen LogP contribution in [0.4, 0.5) is 0 Å². The molecule has 0 bridgehead atoms. The Morgan fingerprint density at radius 3 is 2.33 bits per heavy atom. The minimum Gasteiger partial charge on any atom is -0.465 e. The summed E-state index contributed by atoms with van der Waals surface area (Å²) in [6.07, 6.45) is 2.33. The zero-order valence-corrected chi connectivity index (χ0v) is 14.3. The van der Waals surface area contributed by atoms with E-state index in [1.807, 2.05) is 27.7 Å². The minimum atomic E-state index is -3.56. The zero-order valence-electron chi connectivity index (χ0n) is 13.5. The fourth-order valence-corrected chi connectivity index (χ4v) is 4.08. The number of furan rings is 1. The van der Waals surface area contributed by atoms with Crippen molar-refractivity contribution in [3.05, 3.63) is 17.1 Å². The highest BCUT2D eigenvalue weighted by Crippen LogP contribution is 2.28. The van der Waals surface area contributed by atoms with E-state index in [0.29, 0.717) is 29.0 Å². The van der Waals surface area contributed by atoms with E-state index in [4.69, 9.17) is 4.42 Å². The molecule has 0 aliphatic heterocycles. The Morgan fingerprint density at radius 2 is 1.81 bits per heavy atom. The molecule has 0 spiro atoms. The van der Waals surface area contributed by atoms with Crippen LogP contribution in [0.25, 0.3) is 0 Å². The average molecular weight is 314 g/mol. The van der Waals surface area contributed by atoms with Gasteiger partial charge in [-0.2, -0.15) is 0 Å². The first-order chi connectivity index (χ1) is 9.72. The topological polar surface area (TPSA) is 71.3 Å². The van der Waals surface area contributed by atoms with Crippen molar-refractivity contribution < 1.29 is 12.8 Å². The summed E-state index contributed by atoms with van der Waals surface area (Å²) in [5.74, 6) is 1.38. The smallest absolute Gasteiger partial charge is 0.244 e. The molecule has 0 aromatic carbocycles. The van der Waals surface area contributed by atoms with E-state index in [1.165, 1.54) is 12.8 Å². The van der Waals surface area contributed by atoms with Gasteiger partial charge < -0.3 is 9.73 Å². The van der Waals surface area contributed by atoms with Gasteiger partial charge in [0.25, 0.3) is 0 Å². The Morgan fingerprint density at radius 1 is 1.19 bits per heavy atom. The van der Waals surface area contributed by atoms with Gasteiger partial charge in [0.05, 0.1) is 0 Å². The molecule has 120 valence electrons. The van der Waals surface area contributed by atoms with Crippen molar-refractivity contribution in [3.63, 3.8) is 0 Å². The number of hydrogen-bond donors (Lipinski definition) is 2. The Hall–Kier alpha value is -0.850. The van der Waals surface area contributed by atoms with E-state index >= 15 is 0 Å². The van der Waals surface area contributed by atoms with E-state index in [1.54, 1.807) is 6.92 Å². The summed E-state index contributed by atoms with van der Waals surface area (Å²) in [4.78, 5) is 0.306. The summed E-state index contributed by atoms with van der Waals surface area (Å²) in [7, 11) is -3.56. The van der Waals surface area contributed by atoms with Crippen LogP contribution in [0.1, 0.15) is 50.7 Å². The molecule has 2 rings (SSSR count). The van der Waals surface area contributed by atoms with Gasteiger partial charge in [0.2, 0.25) is 10.0 Å². The van der Waals surface area contributed by atoms with Crippen LogP contribution in [0.15, 0.2) is 9.31 Å². The molecule has 1 heterocycles. The molecule has 0 saturated heterocycles. The standard InChI is InChI=1S/C15H26N2O3S/c1-9(2)10(3)17-21(18,19)15-12(5)20-11(4)14(15)8-16-13-6-7-13/h9-10,13,16-17H,6-8H2,1-5H3. The van der Waals surface area contributed by atoms with Gasteiger partial charge in [0.15, 0.2) is 0 Å². The fraction of sp³-hybridized carbons (Fsp3) is 0.733. The van der Waals surface area contributed by atoms with Gasteiger partial charge in [-0.3, -0.25) is 0 Å². The lowest BCUT2D eigenvalue weighted by atomic mass is 10.1. The second-order valence-corrected chi connectivity index (χ2v) is 7.98. The quantitative estimate of drug-likeness (QED) is 0.811. The zero-order chi connectivity index (χ0) is 15.8. The summed E-state index contributed by atoms with van der Waals surface area (Å²) in [5, 5.41) is 3.36. The normalized spacial score (nSPS) is 17.4. The van der Waals surface area contributed by atoms with Gasteiger partial charge >= 0.3 is 0 Å². The van der Waals surface area contributed by atoms with Crippen LogP contribution in [0.2, 0.25) is 0 Å². The molecule has 1 fully saturated rings. The lowest BCUT2D eigenvalue weighted by Crippen LogP contribution is -2.36. The van der Waals surface area contributed by atoms with E-state index in [-0.39, 0.29) is 12.0 Å². The van der Waals surface area contributed by atoms with Gasteiger partial charge in [-0.15, -0.1) is 0 Å². The molecule has 21 heavy (non-hydrogen) atoms. The first-order valence-electron chi connectivity index (χ1n) is 7.57. The highest BCUT2D eigenvalue weighted by Gasteiger charge is 2.30. The molecule has 1 aromatic rings. The second-order valence-electron chi connectivity index (χ2n) is 6.33. The number of nitrogens with one attached hydrogen (secondary N) is 2. The summed E-state index contributed by atoms with van der Waals surface area (Å²) in [6.45, 7) is 9.95. The highest BCUT2D eigenvalue weighted by atomic mass is 32.2. The van der Waals surface area contributed by atoms with Crippen molar-refractivity contribution in [3.8, 4) is 0 Å². The summed E-state index contributed by atoms with van der Waals surface area (Å²) in [5.41, 5.74) is 0.753. The molecule has 1 aliphatic rings. The average Bonchev–Trinajstić information content (AvgIpc) is 3.12. The van der Waals surface area contributed by atoms with Crippen LogP contribution >= 0.6 is 0 Å². The van der Waals surface area contributed by atoms with E-state index < -0.39 is 10.0 Å². The maximum absolute atomic E-state index is 12.7. The third-order valence-electron chi connectivity index (χ3n) is 4.08. The minimum absolute atomic E-state index is 0.117. The van der Waals surface area contributed by atoms with E-state index in [0.717, 1.165) is 5.56 Å². The first-order valence-corrected chi connectivity index (χ1v) is 9.05. The van der Waals surface area contributed by atoms with Crippen LogP contribution in [0.5, 0.6) is 0 Å². The van der Waals surface area contributed by atoms with Gasteiger partial charge in [-0.25, -0.2) is 13.1 Å². The largest absolute Gasteiger partial charge is 0.465 e. The number of hydrogen-bond acceptors (Lipinski definition) is 4. The molecule has 0 radical (unpaired) electrons. The molecular weight excluding hydrogens is 288 g/mol. The van der Waals surface area contributed by atoms with Crippen molar-refractivity contribution >= 4 is 10.0 Å². The predicted octanol–water partition coefficient (Wildman–Crippen LogP) is 2.47. The lowest BCUT2D eigenvalue weighted by molar-refractivity contribution is 0.472. The predicted molar refractivity (Wildman–Crippen MR) is 82.7 cm³/mol. The highest BCUT2D eigenvalue weighted by molar-refractivity contribution is 7.89. The van der Waals surface area contributed by atoms with Gasteiger partial charge in [0.1, 0.15) is 16.4 Å². The maximum atomic E-state index is 12.7. The van der Waals surface area contributed by atoms with Gasteiger partial charge in [0, 0.05) is 24.2 Å². The summed E-state index contributed by atoms with van der Waals surface area (Å²) >= 11 is 0. The molecule has 6 heteroatoms. The Labute approximate surface area is 127 Å². The van der Waals surface area contributed by atoms with E-state index in [9.17, 15) is 8.42 Å². The summed E-state index contributed by atoms with van der Waals surface area (Å²) < 4.78 is 33.6. The van der Waals surface area contributed by atoms with Crippen molar-refractivity contribution in [1.82, 2.24) is 10.0 Å². The molecule has 5 nitrogen and oxygen atoms in total. The lowest BCUT2D eigenvalue weighted by Gasteiger charge is -2.18. The van der Waals surface area contributed by atoms with Crippen LogP contribution < -0.4 is 10.0 Å². The Balaban J connectivity index is 2.27. The first kappa shape index (κ1) is 16.5. The summed E-state index contributed by atoms with van der Waals surface area (Å²) in [6, 6.07) is 0.409. The number of rotatable bonds is 7. The number of sulfonamides is 1. The van der Waals surface area contributed by atoms with Crippen molar-refractivity contribution in [2.45, 2.75) is 71.0 Å². The third-order valence-corrected chi connectivity index (χ3v) is 5.83. The van der Waals surface area contributed by atoms with Crippen molar-refractivity contribution in [1.29, 1.82) is 0 Å². The van der Waals surface area contributed by atoms with Gasteiger partial charge in [-0.05, 0) is 39.5 Å². The third kappa shape index (κ3) is 3.87. The Bertz CT molecular complexity index is 601. The van der Waals surface area contributed by atoms with Crippen molar-refractivity contribution in [2.75, 3.05) is 0 Å². The van der Waals surface area contributed by atoms with Gasteiger partial charge in [-0.1, -0.05) is 13.8 Å². The van der Waals surface area contributed by atoms with E-state index in [2.05, 4.69) is 10.0 Å². The molecule has 1 aromatic heterocycles. The SMILES string of the molecule is Cc1oc(C)c(S(=O)(=O)NC(C)C(C)C)c1CNC1CC1. The van der Waals surface area contributed by atoms with Crippen LogP contribution in [0.3, 0.4) is 0 Å². The van der Waals surface area contributed by atoms with Crippen LogP contribution in [-0.2, 0) is 16.6 Å². The molecule has 1 unspecified atom stereocenters. The fourth-order valence-electron chi connectivity index (χ4n) is 2.24. The van der Waals surface area contributed by atoms with Crippen LogP contribution in [0, 0.1) is 19.8 Å². The molecule has 0 amide bonds. The maximum Gasteiger partial charge on any atom is 0.244 e. The molecule has 1 saturated carbocycles. The molecule has 1 aliphatic carbocycles. The molecular formula is C15H26N2O3S.